The lowest BCUT2D eigenvalue weighted by atomic mass is 9.86. The summed E-state index contributed by atoms with van der Waals surface area (Å²) in [6, 6.07) is 10.5. The fourth-order valence-corrected chi connectivity index (χ4v) is 2.68. The van der Waals surface area contributed by atoms with E-state index in [0.29, 0.717) is 16.3 Å². The SMILES string of the molecule is COc1ccc(OC(=O)c2cc(Br)ccc2Cl)c(C(C)(C)C)c1. The highest BCUT2D eigenvalue weighted by Crippen LogP contribution is 2.35. The van der Waals surface area contributed by atoms with Crippen molar-refractivity contribution >= 4 is 33.5 Å². The maximum atomic E-state index is 12.5. The van der Waals surface area contributed by atoms with Gasteiger partial charge in [-0.05, 0) is 41.8 Å². The minimum absolute atomic E-state index is 0.203. The summed E-state index contributed by atoms with van der Waals surface area (Å²) in [5.41, 5.74) is 0.999. The third-order valence-electron chi connectivity index (χ3n) is 3.35. The molecule has 0 saturated heterocycles. The molecule has 122 valence electrons. The minimum atomic E-state index is -0.494. The van der Waals surface area contributed by atoms with Crippen LogP contribution in [0.3, 0.4) is 0 Å². The van der Waals surface area contributed by atoms with Crippen molar-refractivity contribution in [3.05, 3.63) is 57.0 Å². The van der Waals surface area contributed by atoms with Crippen LogP contribution >= 0.6 is 27.5 Å². The number of halogens is 2. The highest BCUT2D eigenvalue weighted by atomic mass is 79.9. The first-order chi connectivity index (χ1) is 10.7. The third kappa shape index (κ3) is 4.27. The minimum Gasteiger partial charge on any atom is -0.497 e. The van der Waals surface area contributed by atoms with Crippen LogP contribution in [0.1, 0.15) is 36.7 Å². The summed E-state index contributed by atoms with van der Waals surface area (Å²) in [4.78, 5) is 12.5. The van der Waals surface area contributed by atoms with Crippen LogP contribution < -0.4 is 9.47 Å². The molecule has 0 heterocycles. The molecule has 0 aliphatic carbocycles. The fraction of sp³-hybridized carbons (Fsp3) is 0.278. The van der Waals surface area contributed by atoms with Gasteiger partial charge < -0.3 is 9.47 Å². The summed E-state index contributed by atoms with van der Waals surface area (Å²) in [5, 5.41) is 0.351. The highest BCUT2D eigenvalue weighted by molar-refractivity contribution is 9.10. The zero-order valence-electron chi connectivity index (χ0n) is 13.4. The number of methoxy groups -OCH3 is 1. The molecule has 0 aliphatic rings. The average molecular weight is 398 g/mol. The summed E-state index contributed by atoms with van der Waals surface area (Å²) < 4.78 is 11.6. The van der Waals surface area contributed by atoms with Crippen LogP contribution in [0.4, 0.5) is 0 Å². The zero-order valence-corrected chi connectivity index (χ0v) is 15.8. The highest BCUT2D eigenvalue weighted by Gasteiger charge is 2.23. The van der Waals surface area contributed by atoms with Crippen LogP contribution in [0.25, 0.3) is 0 Å². The fourth-order valence-electron chi connectivity index (χ4n) is 2.12. The van der Waals surface area contributed by atoms with Gasteiger partial charge in [-0.3, -0.25) is 0 Å². The van der Waals surface area contributed by atoms with Crippen molar-refractivity contribution in [2.24, 2.45) is 0 Å². The Balaban J connectivity index is 2.39. The predicted octanol–water partition coefficient (Wildman–Crippen LogP) is 5.63. The van der Waals surface area contributed by atoms with Gasteiger partial charge in [0.1, 0.15) is 11.5 Å². The third-order valence-corrected chi connectivity index (χ3v) is 4.17. The van der Waals surface area contributed by atoms with E-state index in [1.165, 1.54) is 0 Å². The first kappa shape index (κ1) is 17.8. The summed E-state index contributed by atoms with van der Waals surface area (Å²) in [6.07, 6.45) is 0. The summed E-state index contributed by atoms with van der Waals surface area (Å²) in [6.45, 7) is 6.14. The van der Waals surface area contributed by atoms with Gasteiger partial charge in [0.05, 0.1) is 17.7 Å². The predicted molar refractivity (Wildman–Crippen MR) is 95.8 cm³/mol. The number of rotatable bonds is 3. The van der Waals surface area contributed by atoms with Crippen LogP contribution in [0.15, 0.2) is 40.9 Å². The second kappa shape index (κ2) is 6.93. The Morgan fingerprint density at radius 2 is 1.83 bits per heavy atom. The number of hydrogen-bond acceptors (Lipinski definition) is 3. The van der Waals surface area contributed by atoms with Gasteiger partial charge in [-0.1, -0.05) is 48.3 Å². The van der Waals surface area contributed by atoms with Crippen LogP contribution in [-0.2, 0) is 5.41 Å². The molecule has 0 atom stereocenters. The smallest absolute Gasteiger partial charge is 0.345 e. The topological polar surface area (TPSA) is 35.5 Å². The van der Waals surface area contributed by atoms with Crippen molar-refractivity contribution in [3.8, 4) is 11.5 Å². The summed E-state index contributed by atoms with van der Waals surface area (Å²) >= 11 is 9.43. The molecule has 3 nitrogen and oxygen atoms in total. The molecular formula is C18H18BrClO3. The molecule has 0 N–H and O–H groups in total. The largest absolute Gasteiger partial charge is 0.497 e. The number of ether oxygens (including phenoxy) is 2. The van der Waals surface area contributed by atoms with Gasteiger partial charge in [0.25, 0.3) is 0 Å². The van der Waals surface area contributed by atoms with E-state index >= 15 is 0 Å². The second-order valence-corrected chi connectivity index (χ2v) is 7.45. The average Bonchev–Trinajstić information content (AvgIpc) is 2.49. The van der Waals surface area contributed by atoms with E-state index in [1.54, 1.807) is 37.4 Å². The maximum absolute atomic E-state index is 12.5. The maximum Gasteiger partial charge on any atom is 0.345 e. The molecule has 0 saturated carbocycles. The van der Waals surface area contributed by atoms with Gasteiger partial charge in [-0.2, -0.15) is 0 Å². The molecule has 0 fully saturated rings. The van der Waals surface area contributed by atoms with E-state index in [1.807, 2.05) is 26.8 Å². The van der Waals surface area contributed by atoms with Gasteiger partial charge in [-0.15, -0.1) is 0 Å². The van der Waals surface area contributed by atoms with Gasteiger partial charge >= 0.3 is 5.97 Å². The Morgan fingerprint density at radius 3 is 2.43 bits per heavy atom. The summed E-state index contributed by atoms with van der Waals surface area (Å²) in [7, 11) is 1.61. The van der Waals surface area contributed by atoms with Crippen molar-refractivity contribution in [3.63, 3.8) is 0 Å². The molecule has 2 rings (SSSR count). The van der Waals surface area contributed by atoms with Gasteiger partial charge in [-0.25, -0.2) is 4.79 Å². The van der Waals surface area contributed by atoms with Crippen LogP contribution in [-0.4, -0.2) is 13.1 Å². The molecule has 0 aromatic heterocycles. The Kier molecular flexibility index (Phi) is 5.37. The van der Waals surface area contributed by atoms with Gasteiger partial charge in [0, 0.05) is 10.0 Å². The van der Waals surface area contributed by atoms with E-state index in [9.17, 15) is 4.79 Å². The van der Waals surface area contributed by atoms with Crippen molar-refractivity contribution < 1.29 is 14.3 Å². The number of hydrogen-bond donors (Lipinski definition) is 0. The molecular weight excluding hydrogens is 380 g/mol. The monoisotopic (exact) mass is 396 g/mol. The van der Waals surface area contributed by atoms with E-state index in [4.69, 9.17) is 21.1 Å². The molecule has 0 bridgehead atoms. The van der Waals surface area contributed by atoms with Crippen molar-refractivity contribution in [1.82, 2.24) is 0 Å². The molecule has 0 spiro atoms. The van der Waals surface area contributed by atoms with E-state index in [0.717, 1.165) is 15.8 Å². The first-order valence-electron chi connectivity index (χ1n) is 7.08. The molecule has 23 heavy (non-hydrogen) atoms. The number of esters is 1. The Labute approximate surface area is 149 Å². The lowest BCUT2D eigenvalue weighted by molar-refractivity contribution is 0.0732. The van der Waals surface area contributed by atoms with E-state index < -0.39 is 5.97 Å². The Bertz CT molecular complexity index is 736. The molecule has 0 unspecified atom stereocenters. The van der Waals surface area contributed by atoms with Crippen molar-refractivity contribution in [2.75, 3.05) is 7.11 Å². The number of carbonyl (C=O) groups excluding carboxylic acids is 1. The van der Waals surface area contributed by atoms with Crippen LogP contribution in [0.5, 0.6) is 11.5 Å². The van der Waals surface area contributed by atoms with E-state index in [2.05, 4.69) is 15.9 Å². The quantitative estimate of drug-likeness (QED) is 0.497. The Morgan fingerprint density at radius 1 is 1.13 bits per heavy atom. The molecule has 5 heteroatoms. The van der Waals surface area contributed by atoms with Crippen molar-refractivity contribution in [1.29, 1.82) is 0 Å². The lowest BCUT2D eigenvalue weighted by Crippen LogP contribution is -2.17. The normalized spacial score (nSPS) is 11.2. The van der Waals surface area contributed by atoms with Crippen molar-refractivity contribution in [2.45, 2.75) is 26.2 Å². The van der Waals surface area contributed by atoms with Gasteiger partial charge in [0.2, 0.25) is 0 Å². The molecule has 2 aromatic carbocycles. The summed E-state index contributed by atoms with van der Waals surface area (Å²) in [5.74, 6) is 0.724. The number of benzene rings is 2. The lowest BCUT2D eigenvalue weighted by Gasteiger charge is -2.23. The van der Waals surface area contributed by atoms with E-state index in [-0.39, 0.29) is 5.41 Å². The van der Waals surface area contributed by atoms with Gasteiger partial charge in [0.15, 0.2) is 0 Å². The second-order valence-electron chi connectivity index (χ2n) is 6.13. The first-order valence-corrected chi connectivity index (χ1v) is 8.25. The standard InChI is InChI=1S/C18H18BrClO3/c1-18(2,3)14-10-12(22-4)6-8-16(14)23-17(21)13-9-11(19)5-7-15(13)20/h5-10H,1-4H3. The Hall–Kier alpha value is -1.52. The van der Waals surface area contributed by atoms with Crippen LogP contribution in [0, 0.1) is 0 Å². The van der Waals surface area contributed by atoms with Crippen LogP contribution in [0.2, 0.25) is 5.02 Å². The molecule has 0 amide bonds. The molecule has 2 aromatic rings. The zero-order chi connectivity index (χ0) is 17.2. The molecule has 0 radical (unpaired) electrons. The molecule has 0 aliphatic heterocycles. The number of carbonyl (C=O) groups is 1.